The van der Waals surface area contributed by atoms with E-state index >= 15 is 0 Å². The van der Waals surface area contributed by atoms with Gasteiger partial charge in [0.05, 0.1) is 24.8 Å². The van der Waals surface area contributed by atoms with E-state index in [9.17, 15) is 10.2 Å². The molecule has 0 unspecified atom stereocenters. The molecule has 0 aliphatic carbocycles. The van der Waals surface area contributed by atoms with Crippen molar-refractivity contribution in [1.29, 1.82) is 0 Å². The molecule has 0 spiro atoms. The van der Waals surface area contributed by atoms with Gasteiger partial charge in [-0.05, 0) is 13.1 Å². The number of phenols is 1. The molecule has 138 valence electrons. The van der Waals surface area contributed by atoms with E-state index in [0.717, 1.165) is 31.7 Å². The van der Waals surface area contributed by atoms with E-state index < -0.39 is 6.10 Å². The Labute approximate surface area is 148 Å². The van der Waals surface area contributed by atoms with Crippen molar-refractivity contribution in [3.63, 3.8) is 0 Å². The molecule has 3 fully saturated rings. The number of piperazine rings is 1. The summed E-state index contributed by atoms with van der Waals surface area (Å²) in [4.78, 5) is 4.57. The minimum absolute atomic E-state index is 0.158. The fraction of sp³-hybridized carbons (Fsp3) is 0.667. The number of nitrogens with one attached hydrogen (secondary N) is 1. The Hall–Kier alpha value is -1.22. The molecule has 3 N–H and O–H groups in total. The van der Waals surface area contributed by atoms with Gasteiger partial charge in [0.1, 0.15) is 11.9 Å². The van der Waals surface area contributed by atoms with Crippen LogP contribution in [0.25, 0.3) is 0 Å². The molecular formula is C18H27N3O4. The summed E-state index contributed by atoms with van der Waals surface area (Å²) in [5, 5.41) is 24.4. The number of benzene rings is 1. The van der Waals surface area contributed by atoms with Gasteiger partial charge in [-0.3, -0.25) is 4.90 Å². The first-order chi connectivity index (χ1) is 12.1. The quantitative estimate of drug-likeness (QED) is 0.682. The Morgan fingerprint density at radius 3 is 2.72 bits per heavy atom. The van der Waals surface area contributed by atoms with E-state index in [1.807, 2.05) is 12.1 Å². The van der Waals surface area contributed by atoms with Gasteiger partial charge in [-0.15, -0.1) is 0 Å². The number of aromatic hydroxyl groups is 1. The first-order valence-corrected chi connectivity index (χ1v) is 9.01. The normalized spacial score (nSPS) is 36.6. The first-order valence-electron chi connectivity index (χ1n) is 9.01. The number of nitrogens with zero attached hydrogens (tertiary/aromatic N) is 2. The van der Waals surface area contributed by atoms with Crippen LogP contribution < -0.4 is 5.32 Å². The van der Waals surface area contributed by atoms with Crippen LogP contribution >= 0.6 is 0 Å². The number of aliphatic hydroxyl groups excluding tert-OH is 1. The summed E-state index contributed by atoms with van der Waals surface area (Å²) in [5.74, 6) is 0.261. The maximum absolute atomic E-state index is 11.0. The molecule has 2 bridgehead atoms. The van der Waals surface area contributed by atoms with E-state index in [1.54, 1.807) is 12.1 Å². The predicted molar refractivity (Wildman–Crippen MR) is 92.2 cm³/mol. The number of hydrogen-bond donors (Lipinski definition) is 3. The summed E-state index contributed by atoms with van der Waals surface area (Å²) in [7, 11) is 2.12. The van der Waals surface area contributed by atoms with Gasteiger partial charge in [-0.2, -0.15) is 0 Å². The van der Waals surface area contributed by atoms with Crippen molar-refractivity contribution in [1.82, 2.24) is 15.1 Å². The number of para-hydroxylation sites is 1. The summed E-state index contributed by atoms with van der Waals surface area (Å²) < 4.78 is 11.8. The Morgan fingerprint density at radius 2 is 1.96 bits per heavy atom. The largest absolute Gasteiger partial charge is 0.508 e. The van der Waals surface area contributed by atoms with Crippen molar-refractivity contribution in [2.45, 2.75) is 37.1 Å². The van der Waals surface area contributed by atoms with Crippen LogP contribution in [0.15, 0.2) is 24.3 Å². The van der Waals surface area contributed by atoms with Crippen molar-refractivity contribution in [3.8, 4) is 5.75 Å². The van der Waals surface area contributed by atoms with Gasteiger partial charge in [-0.1, -0.05) is 18.2 Å². The van der Waals surface area contributed by atoms with Crippen molar-refractivity contribution in [2.24, 2.45) is 0 Å². The molecule has 1 aromatic rings. The third-order valence-corrected chi connectivity index (χ3v) is 5.61. The molecule has 7 nitrogen and oxygen atoms in total. The molecule has 0 aromatic heterocycles. The number of fused-ring (bicyclic) bond motifs is 2. The van der Waals surface area contributed by atoms with E-state index in [-0.39, 0.29) is 30.2 Å². The third-order valence-electron chi connectivity index (χ3n) is 5.61. The number of hydrogen-bond acceptors (Lipinski definition) is 7. The molecule has 4 rings (SSSR count). The van der Waals surface area contributed by atoms with Crippen LogP contribution in [-0.4, -0.2) is 90.4 Å². The van der Waals surface area contributed by atoms with Gasteiger partial charge in [0, 0.05) is 38.3 Å². The highest BCUT2D eigenvalue weighted by Crippen LogP contribution is 2.32. The predicted octanol–water partition coefficient (Wildman–Crippen LogP) is -0.418. The van der Waals surface area contributed by atoms with Crippen LogP contribution in [0.3, 0.4) is 0 Å². The fourth-order valence-electron chi connectivity index (χ4n) is 4.05. The number of phenolic OH excluding ortho intramolecular Hbond substituents is 1. The molecule has 3 saturated heterocycles. The summed E-state index contributed by atoms with van der Waals surface area (Å²) in [6.45, 7) is 4.74. The SMILES string of the molecule is CN1CCN([C@@H]2[C@@H]3OC[C@H](O3)[C@@H](NCc3ccccc3O)[C@@H]2O)CC1. The second-order valence-electron chi connectivity index (χ2n) is 7.23. The van der Waals surface area contributed by atoms with Gasteiger partial charge >= 0.3 is 0 Å². The van der Waals surface area contributed by atoms with Crippen LogP contribution in [0, 0.1) is 0 Å². The second-order valence-corrected chi connectivity index (χ2v) is 7.23. The van der Waals surface area contributed by atoms with Crippen LogP contribution in [0.4, 0.5) is 0 Å². The van der Waals surface area contributed by atoms with Crippen molar-refractivity contribution >= 4 is 0 Å². The Bertz CT molecular complexity index is 593. The molecule has 0 radical (unpaired) electrons. The molecule has 5 atom stereocenters. The molecular weight excluding hydrogens is 322 g/mol. The zero-order valence-electron chi connectivity index (χ0n) is 14.5. The van der Waals surface area contributed by atoms with Crippen LogP contribution in [0.2, 0.25) is 0 Å². The lowest BCUT2D eigenvalue weighted by Crippen LogP contribution is -2.66. The smallest absolute Gasteiger partial charge is 0.176 e. The topological polar surface area (TPSA) is 77.4 Å². The molecule has 1 aromatic carbocycles. The third kappa shape index (κ3) is 3.40. The standard InChI is InChI=1S/C18H27N3O4/c1-20-6-8-21(9-7-20)16-17(23)15(14-11-24-18(16)25-14)19-10-12-4-2-3-5-13(12)22/h2-5,14-19,22-23H,6-11H2,1H3/t14-,15+,16-,17-,18+/m0/s1. The van der Waals surface area contributed by atoms with Crippen LogP contribution in [-0.2, 0) is 16.0 Å². The minimum Gasteiger partial charge on any atom is -0.508 e. The Balaban J connectivity index is 1.45. The van der Waals surface area contributed by atoms with Crippen molar-refractivity contribution in [2.75, 3.05) is 39.8 Å². The summed E-state index contributed by atoms with van der Waals surface area (Å²) in [6, 6.07) is 6.87. The lowest BCUT2D eigenvalue weighted by atomic mass is 9.94. The van der Waals surface area contributed by atoms with Gasteiger partial charge in [0.25, 0.3) is 0 Å². The van der Waals surface area contributed by atoms with Crippen molar-refractivity contribution < 1.29 is 19.7 Å². The minimum atomic E-state index is -0.569. The highest BCUT2D eigenvalue weighted by molar-refractivity contribution is 5.31. The van der Waals surface area contributed by atoms with Gasteiger partial charge in [0.15, 0.2) is 6.29 Å². The van der Waals surface area contributed by atoms with E-state index in [0.29, 0.717) is 13.2 Å². The average Bonchev–Trinajstić information content (AvgIpc) is 3.03. The highest BCUT2D eigenvalue weighted by atomic mass is 16.7. The number of likely N-dealkylation sites (N-methyl/N-ethyl adjacent to an activating group) is 1. The van der Waals surface area contributed by atoms with E-state index in [2.05, 4.69) is 22.2 Å². The number of rotatable bonds is 4. The molecule has 3 aliphatic heterocycles. The summed E-state index contributed by atoms with van der Waals surface area (Å²) in [6.07, 6.45) is -1.08. The Morgan fingerprint density at radius 1 is 1.20 bits per heavy atom. The average molecular weight is 349 g/mol. The van der Waals surface area contributed by atoms with Crippen molar-refractivity contribution in [3.05, 3.63) is 29.8 Å². The summed E-state index contributed by atoms with van der Waals surface area (Å²) in [5.41, 5.74) is 0.812. The number of ether oxygens (including phenoxy) is 2. The molecule has 0 saturated carbocycles. The zero-order valence-corrected chi connectivity index (χ0v) is 14.5. The van der Waals surface area contributed by atoms with E-state index in [4.69, 9.17) is 9.47 Å². The van der Waals surface area contributed by atoms with Crippen LogP contribution in [0.1, 0.15) is 5.56 Å². The first kappa shape index (κ1) is 17.2. The number of aliphatic hydroxyl groups is 1. The molecule has 0 amide bonds. The molecule has 25 heavy (non-hydrogen) atoms. The maximum Gasteiger partial charge on any atom is 0.176 e. The maximum atomic E-state index is 11.0. The molecule has 7 heteroatoms. The zero-order chi connectivity index (χ0) is 17.4. The molecule has 3 aliphatic rings. The van der Waals surface area contributed by atoms with Crippen LogP contribution in [0.5, 0.6) is 5.75 Å². The monoisotopic (exact) mass is 349 g/mol. The second kappa shape index (κ2) is 7.19. The lowest BCUT2D eigenvalue weighted by molar-refractivity contribution is -0.186. The molecule has 3 heterocycles. The van der Waals surface area contributed by atoms with Gasteiger partial charge < -0.3 is 29.9 Å². The summed E-state index contributed by atoms with van der Waals surface area (Å²) >= 11 is 0. The highest BCUT2D eigenvalue weighted by Gasteiger charge is 2.52. The lowest BCUT2D eigenvalue weighted by Gasteiger charge is -2.46. The van der Waals surface area contributed by atoms with Gasteiger partial charge in [0.2, 0.25) is 0 Å². The van der Waals surface area contributed by atoms with Gasteiger partial charge in [-0.25, -0.2) is 0 Å². The fourth-order valence-corrected chi connectivity index (χ4v) is 4.05. The van der Waals surface area contributed by atoms with E-state index in [1.165, 1.54) is 0 Å². The Kier molecular flexibility index (Phi) is 4.95.